The number of carboxylic acids is 1. The minimum atomic E-state index is -0.671. The van der Waals surface area contributed by atoms with Crippen LogP contribution in [-0.4, -0.2) is 24.2 Å². The van der Waals surface area contributed by atoms with Crippen LogP contribution < -0.4 is 0 Å². The van der Waals surface area contributed by atoms with Crippen molar-refractivity contribution in [1.29, 1.82) is 0 Å². The summed E-state index contributed by atoms with van der Waals surface area (Å²) in [6.45, 7) is 4.50. The van der Waals surface area contributed by atoms with Gasteiger partial charge in [0.15, 0.2) is 0 Å². The van der Waals surface area contributed by atoms with Gasteiger partial charge < -0.3 is 9.84 Å². The van der Waals surface area contributed by atoms with E-state index in [0.717, 1.165) is 38.5 Å². The van der Waals surface area contributed by atoms with Gasteiger partial charge in [0.05, 0.1) is 7.11 Å². The van der Waals surface area contributed by atoms with E-state index in [-0.39, 0.29) is 5.97 Å². The number of unbranched alkanes of at least 4 members (excludes halogenated alkanes) is 19. The maximum absolute atomic E-state index is 10.9. The van der Waals surface area contributed by atoms with Crippen molar-refractivity contribution in [1.82, 2.24) is 0 Å². The van der Waals surface area contributed by atoms with Crippen LogP contribution >= 0.6 is 0 Å². The van der Waals surface area contributed by atoms with Gasteiger partial charge in [0, 0.05) is 12.8 Å². The minimum absolute atomic E-state index is 0.0763. The Balaban J connectivity index is 0. The molecule has 0 saturated heterocycles. The van der Waals surface area contributed by atoms with Gasteiger partial charge >= 0.3 is 11.9 Å². The molecule has 0 unspecified atom stereocenters. The molecule has 240 valence electrons. The third-order valence-electron chi connectivity index (χ3n) is 7.21. The molecule has 0 amide bonds. The lowest BCUT2D eigenvalue weighted by Crippen LogP contribution is -1.98. The van der Waals surface area contributed by atoms with Crippen LogP contribution in [0.1, 0.15) is 181 Å². The smallest absolute Gasteiger partial charge is 0.305 e. The average molecular weight is 577 g/mol. The summed E-state index contributed by atoms with van der Waals surface area (Å²) in [5.41, 5.74) is 0. The normalized spacial score (nSPS) is 11.4. The fourth-order valence-electron chi connectivity index (χ4n) is 4.53. The zero-order chi connectivity index (χ0) is 30.5. The summed E-state index contributed by atoms with van der Waals surface area (Å²) in [5, 5.41) is 8.50. The Hall–Kier alpha value is -1.84. The summed E-state index contributed by atoms with van der Waals surface area (Å²) in [4.78, 5) is 21.2. The lowest BCUT2D eigenvalue weighted by molar-refractivity contribution is -0.141. The zero-order valence-electron chi connectivity index (χ0n) is 27.5. The van der Waals surface area contributed by atoms with Crippen molar-refractivity contribution >= 4 is 11.9 Å². The fraction of sp³-hybridized carbons (Fsp3) is 0.784. The molecule has 0 bridgehead atoms. The second-order valence-corrected chi connectivity index (χ2v) is 11.3. The number of rotatable bonds is 29. The van der Waals surface area contributed by atoms with Crippen molar-refractivity contribution in [2.75, 3.05) is 7.11 Å². The van der Waals surface area contributed by atoms with Gasteiger partial charge in [0.25, 0.3) is 0 Å². The van der Waals surface area contributed by atoms with E-state index in [2.05, 4.69) is 55.0 Å². The Morgan fingerprint density at radius 3 is 1.27 bits per heavy atom. The van der Waals surface area contributed by atoms with E-state index in [0.29, 0.717) is 12.8 Å². The van der Waals surface area contributed by atoms with Crippen LogP contribution in [0.2, 0.25) is 0 Å². The number of esters is 1. The summed E-state index contributed by atoms with van der Waals surface area (Å²) in [6.07, 6.45) is 44.3. The van der Waals surface area contributed by atoms with Gasteiger partial charge in [-0.1, -0.05) is 134 Å². The van der Waals surface area contributed by atoms with Gasteiger partial charge in [-0.3, -0.25) is 9.59 Å². The first-order chi connectivity index (χ1) is 20.1. The minimum Gasteiger partial charge on any atom is -0.481 e. The third kappa shape index (κ3) is 42.8. The highest BCUT2D eigenvalue weighted by Crippen LogP contribution is 2.10. The first kappa shape index (κ1) is 41.3. The number of ether oxygens (including phenoxy) is 1. The molecule has 0 aromatic carbocycles. The van der Waals surface area contributed by atoms with Crippen LogP contribution in [0, 0.1) is 0 Å². The van der Waals surface area contributed by atoms with Crippen molar-refractivity contribution in [2.24, 2.45) is 0 Å². The summed E-state index contributed by atoms with van der Waals surface area (Å²) in [5.74, 6) is -0.747. The maximum atomic E-state index is 10.9. The molecule has 4 heteroatoms. The van der Waals surface area contributed by atoms with E-state index < -0.39 is 5.97 Å². The molecule has 0 aromatic rings. The second-order valence-electron chi connectivity index (χ2n) is 11.3. The molecule has 0 atom stereocenters. The van der Waals surface area contributed by atoms with Gasteiger partial charge in [0.1, 0.15) is 0 Å². The molecule has 0 rings (SSSR count). The average Bonchev–Trinajstić information content (AvgIpc) is 2.97. The lowest BCUT2D eigenvalue weighted by Gasteiger charge is -2.00. The molecule has 0 aromatic heterocycles. The van der Waals surface area contributed by atoms with Crippen LogP contribution in [-0.2, 0) is 14.3 Å². The van der Waals surface area contributed by atoms with Crippen molar-refractivity contribution < 1.29 is 19.4 Å². The van der Waals surface area contributed by atoms with E-state index in [1.54, 1.807) is 0 Å². The highest BCUT2D eigenvalue weighted by atomic mass is 16.5. The molecule has 0 heterocycles. The van der Waals surface area contributed by atoms with E-state index in [9.17, 15) is 9.59 Å². The van der Waals surface area contributed by atoms with Crippen LogP contribution in [0.15, 0.2) is 36.5 Å². The van der Waals surface area contributed by atoms with E-state index in [1.807, 2.05) is 0 Å². The number of carbonyl (C=O) groups is 2. The molecule has 4 nitrogen and oxygen atoms in total. The second kappa shape index (κ2) is 38.2. The lowest BCUT2D eigenvalue weighted by atomic mass is 10.1. The number of methoxy groups -OCH3 is 1. The Labute approximate surface area is 255 Å². The van der Waals surface area contributed by atoms with Crippen LogP contribution in [0.5, 0.6) is 0 Å². The number of carboxylic acid groups (broad SMARTS) is 1. The van der Waals surface area contributed by atoms with Gasteiger partial charge in [-0.05, 0) is 70.6 Å². The number of carbonyl (C=O) groups excluding carboxylic acids is 1. The topological polar surface area (TPSA) is 63.6 Å². The third-order valence-corrected chi connectivity index (χ3v) is 7.21. The van der Waals surface area contributed by atoms with Crippen molar-refractivity contribution in [3.63, 3.8) is 0 Å². The van der Waals surface area contributed by atoms with Crippen LogP contribution in [0.3, 0.4) is 0 Å². The maximum Gasteiger partial charge on any atom is 0.305 e. The molecule has 0 aliphatic carbocycles. The van der Waals surface area contributed by atoms with Gasteiger partial charge in [-0.25, -0.2) is 0 Å². The summed E-state index contributed by atoms with van der Waals surface area (Å²) >= 11 is 0. The van der Waals surface area contributed by atoms with Crippen molar-refractivity contribution in [3.8, 4) is 0 Å². The Morgan fingerprint density at radius 1 is 0.488 bits per heavy atom. The highest BCUT2D eigenvalue weighted by molar-refractivity contribution is 5.69. The molecule has 0 radical (unpaired) electrons. The number of aliphatic carboxylic acids is 1. The Bertz CT molecular complexity index is 620. The highest BCUT2D eigenvalue weighted by Gasteiger charge is 1.99. The quantitative estimate of drug-likeness (QED) is 0.0546. The number of allylic oxidation sites excluding steroid dienone is 6. The van der Waals surface area contributed by atoms with E-state index >= 15 is 0 Å². The van der Waals surface area contributed by atoms with E-state index in [1.165, 1.54) is 123 Å². The number of hydrogen-bond donors (Lipinski definition) is 1. The molecule has 41 heavy (non-hydrogen) atoms. The zero-order valence-corrected chi connectivity index (χ0v) is 27.5. The molecular formula is C37H68O4. The largest absolute Gasteiger partial charge is 0.481 e. The van der Waals surface area contributed by atoms with Crippen molar-refractivity contribution in [2.45, 2.75) is 181 Å². The molecule has 0 aliphatic rings. The molecule has 0 spiro atoms. The first-order valence-electron chi connectivity index (χ1n) is 17.3. The first-order valence-corrected chi connectivity index (χ1v) is 17.3. The van der Waals surface area contributed by atoms with Gasteiger partial charge in [-0.15, -0.1) is 0 Å². The molecule has 0 saturated carbocycles. The molecule has 0 fully saturated rings. The van der Waals surface area contributed by atoms with Crippen LogP contribution in [0.25, 0.3) is 0 Å². The standard InChI is InChI=1S/C19H36O2.C18H32O2/c1-3-4-5-6-7-8-9-10-11-12-13-14-15-16-17-18-19(20)21-2;1-2-3-4-5-6-7-8-9-10-11-12-13-14-15-16-17-18(19)20/h10-11H,3-9,12-18H2,1-2H3;6-7,9-10H,2-5,8,11-17H2,1H3,(H,19,20)/b11-10-;7-6-,10-9-. The fourth-order valence-corrected chi connectivity index (χ4v) is 4.53. The Morgan fingerprint density at radius 2 is 0.829 bits per heavy atom. The SMILES string of the molecule is CCCCC/C=C\C/C=C\CCCCCCCC(=O)O.CCCCCCCC/C=C\CCCCCCCC(=O)OC. The summed E-state index contributed by atoms with van der Waals surface area (Å²) < 4.78 is 4.62. The Kier molecular flexibility index (Phi) is 38.4. The monoisotopic (exact) mass is 577 g/mol. The number of hydrogen-bond acceptors (Lipinski definition) is 3. The van der Waals surface area contributed by atoms with Gasteiger partial charge in [0.2, 0.25) is 0 Å². The van der Waals surface area contributed by atoms with Crippen molar-refractivity contribution in [3.05, 3.63) is 36.5 Å². The predicted molar refractivity (Wildman–Crippen MR) is 178 cm³/mol. The predicted octanol–water partition coefficient (Wildman–Crippen LogP) is 12.1. The summed E-state index contributed by atoms with van der Waals surface area (Å²) in [7, 11) is 1.46. The van der Waals surface area contributed by atoms with Gasteiger partial charge in [-0.2, -0.15) is 0 Å². The summed E-state index contributed by atoms with van der Waals surface area (Å²) in [6, 6.07) is 0. The van der Waals surface area contributed by atoms with Crippen LogP contribution in [0.4, 0.5) is 0 Å². The molecule has 0 aliphatic heterocycles. The molecular weight excluding hydrogens is 508 g/mol. The van der Waals surface area contributed by atoms with E-state index in [4.69, 9.17) is 5.11 Å². The molecule has 1 N–H and O–H groups in total.